The van der Waals surface area contributed by atoms with Crippen molar-refractivity contribution in [3.05, 3.63) is 35.4 Å². The Morgan fingerprint density at radius 2 is 2.12 bits per heavy atom. The first-order valence-corrected chi connectivity index (χ1v) is 6.08. The van der Waals surface area contributed by atoms with Gasteiger partial charge in [-0.3, -0.25) is 4.79 Å². The molecule has 94 valence electrons. The van der Waals surface area contributed by atoms with Crippen molar-refractivity contribution in [2.24, 2.45) is 17.6 Å². The molecule has 0 saturated heterocycles. The van der Waals surface area contributed by atoms with Crippen molar-refractivity contribution in [1.29, 1.82) is 0 Å². The maximum Gasteiger partial charge on any atom is 0.224 e. The van der Waals surface area contributed by atoms with Gasteiger partial charge in [0.2, 0.25) is 5.91 Å². The van der Waals surface area contributed by atoms with Crippen LogP contribution in [0.25, 0.3) is 0 Å². The van der Waals surface area contributed by atoms with Crippen LogP contribution in [0.4, 0.5) is 0 Å². The molecule has 0 radical (unpaired) electrons. The van der Waals surface area contributed by atoms with Crippen LogP contribution in [0.1, 0.15) is 25.0 Å². The molecule has 3 heteroatoms. The van der Waals surface area contributed by atoms with Gasteiger partial charge in [-0.25, -0.2) is 0 Å². The van der Waals surface area contributed by atoms with Crippen molar-refractivity contribution in [3.63, 3.8) is 0 Å². The molecule has 0 bridgehead atoms. The van der Waals surface area contributed by atoms with Gasteiger partial charge in [-0.05, 0) is 18.4 Å². The first-order chi connectivity index (χ1) is 8.04. The first kappa shape index (κ1) is 13.7. The van der Waals surface area contributed by atoms with Gasteiger partial charge in [-0.2, -0.15) is 0 Å². The molecule has 1 rings (SSSR count). The van der Waals surface area contributed by atoms with Gasteiger partial charge >= 0.3 is 0 Å². The van der Waals surface area contributed by atoms with Crippen LogP contribution in [0, 0.1) is 18.8 Å². The first-order valence-electron chi connectivity index (χ1n) is 6.08. The van der Waals surface area contributed by atoms with Crippen molar-refractivity contribution in [3.8, 4) is 0 Å². The molecule has 0 fully saturated rings. The van der Waals surface area contributed by atoms with E-state index < -0.39 is 0 Å². The van der Waals surface area contributed by atoms with E-state index in [4.69, 9.17) is 5.73 Å². The van der Waals surface area contributed by atoms with Crippen LogP contribution in [-0.2, 0) is 11.3 Å². The molecule has 3 N–H and O–H groups in total. The highest BCUT2D eigenvalue weighted by molar-refractivity contribution is 5.79. The summed E-state index contributed by atoms with van der Waals surface area (Å²) in [6.45, 7) is 7.05. The average Bonchev–Trinajstić information content (AvgIpc) is 2.27. The molecule has 1 aromatic rings. The summed E-state index contributed by atoms with van der Waals surface area (Å²) in [6, 6.07) is 8.13. The van der Waals surface area contributed by atoms with Crippen molar-refractivity contribution < 1.29 is 4.79 Å². The smallest absolute Gasteiger partial charge is 0.224 e. The molecule has 1 unspecified atom stereocenters. The second kappa shape index (κ2) is 6.40. The van der Waals surface area contributed by atoms with Crippen molar-refractivity contribution >= 4 is 5.91 Å². The van der Waals surface area contributed by atoms with E-state index in [-0.39, 0.29) is 17.7 Å². The Hall–Kier alpha value is -1.35. The summed E-state index contributed by atoms with van der Waals surface area (Å²) >= 11 is 0. The molecule has 0 heterocycles. The second-order valence-corrected chi connectivity index (χ2v) is 4.79. The Labute approximate surface area is 103 Å². The highest BCUT2D eigenvalue weighted by Gasteiger charge is 2.19. The summed E-state index contributed by atoms with van der Waals surface area (Å²) in [7, 11) is 0. The standard InChI is InChI=1S/C14H22N2O/c1-10(2)13(8-15)14(17)16-9-12-6-4-5-11(3)7-12/h4-7,10,13H,8-9,15H2,1-3H3,(H,16,17). The summed E-state index contributed by atoms with van der Waals surface area (Å²) in [5, 5.41) is 2.94. The monoisotopic (exact) mass is 234 g/mol. The van der Waals surface area contributed by atoms with Crippen LogP contribution in [0.3, 0.4) is 0 Å². The van der Waals surface area contributed by atoms with Crippen LogP contribution in [0.5, 0.6) is 0 Å². The molecule has 0 aliphatic carbocycles. The number of nitrogens with two attached hydrogens (primary N) is 1. The Balaban J connectivity index is 2.53. The molecule has 0 aliphatic heterocycles. The largest absolute Gasteiger partial charge is 0.352 e. The minimum absolute atomic E-state index is 0.0454. The lowest BCUT2D eigenvalue weighted by Gasteiger charge is -2.18. The van der Waals surface area contributed by atoms with Gasteiger partial charge in [0.1, 0.15) is 0 Å². The van der Waals surface area contributed by atoms with Gasteiger partial charge in [0.15, 0.2) is 0 Å². The van der Waals surface area contributed by atoms with Gasteiger partial charge in [0, 0.05) is 13.1 Å². The molecule has 1 atom stereocenters. The molecule has 0 spiro atoms. The van der Waals surface area contributed by atoms with E-state index in [9.17, 15) is 4.79 Å². The summed E-state index contributed by atoms with van der Waals surface area (Å²) in [4.78, 5) is 11.9. The predicted octanol–water partition coefficient (Wildman–Crippen LogP) is 1.84. The molecule has 3 nitrogen and oxygen atoms in total. The lowest BCUT2D eigenvalue weighted by Crippen LogP contribution is -2.37. The Bertz CT molecular complexity index is 374. The van der Waals surface area contributed by atoms with Gasteiger partial charge < -0.3 is 11.1 Å². The molecular formula is C14H22N2O. The summed E-state index contributed by atoms with van der Waals surface area (Å²) in [5.41, 5.74) is 7.93. The zero-order valence-electron chi connectivity index (χ0n) is 10.9. The summed E-state index contributed by atoms with van der Waals surface area (Å²) < 4.78 is 0. The maximum absolute atomic E-state index is 11.9. The number of carbonyl (C=O) groups is 1. The number of nitrogens with one attached hydrogen (secondary N) is 1. The SMILES string of the molecule is Cc1cccc(CNC(=O)C(CN)C(C)C)c1. The van der Waals surface area contributed by atoms with E-state index in [1.54, 1.807) is 0 Å². The topological polar surface area (TPSA) is 55.1 Å². The highest BCUT2D eigenvalue weighted by Crippen LogP contribution is 2.10. The molecule has 0 saturated carbocycles. The lowest BCUT2D eigenvalue weighted by molar-refractivity contribution is -0.126. The van der Waals surface area contributed by atoms with Crippen LogP contribution in [-0.4, -0.2) is 12.5 Å². The summed E-state index contributed by atoms with van der Waals surface area (Å²) in [6.07, 6.45) is 0. The Kier molecular flexibility index (Phi) is 5.16. The molecule has 17 heavy (non-hydrogen) atoms. The summed E-state index contributed by atoms with van der Waals surface area (Å²) in [5.74, 6) is 0.223. The van der Waals surface area contributed by atoms with E-state index in [1.165, 1.54) is 5.56 Å². The second-order valence-electron chi connectivity index (χ2n) is 4.79. The Morgan fingerprint density at radius 1 is 1.41 bits per heavy atom. The minimum Gasteiger partial charge on any atom is -0.352 e. The van der Waals surface area contributed by atoms with Gasteiger partial charge in [-0.15, -0.1) is 0 Å². The fourth-order valence-corrected chi connectivity index (χ4v) is 1.82. The lowest BCUT2D eigenvalue weighted by atomic mass is 9.95. The third kappa shape index (κ3) is 4.19. The van der Waals surface area contributed by atoms with Crippen molar-refractivity contribution in [2.75, 3.05) is 6.54 Å². The quantitative estimate of drug-likeness (QED) is 0.817. The molecule has 0 aromatic heterocycles. The van der Waals surface area contributed by atoms with E-state index in [0.717, 1.165) is 5.56 Å². The van der Waals surface area contributed by atoms with Crippen LogP contribution in [0.2, 0.25) is 0 Å². The van der Waals surface area contributed by atoms with Crippen LogP contribution >= 0.6 is 0 Å². The van der Waals surface area contributed by atoms with E-state index in [1.807, 2.05) is 39.0 Å². The molecule has 1 amide bonds. The van der Waals surface area contributed by atoms with Gasteiger partial charge in [0.25, 0.3) is 0 Å². The van der Waals surface area contributed by atoms with Crippen molar-refractivity contribution in [2.45, 2.75) is 27.3 Å². The van der Waals surface area contributed by atoms with E-state index in [0.29, 0.717) is 13.1 Å². The third-order valence-corrected chi connectivity index (χ3v) is 2.94. The van der Waals surface area contributed by atoms with Crippen LogP contribution in [0.15, 0.2) is 24.3 Å². The van der Waals surface area contributed by atoms with E-state index >= 15 is 0 Å². The number of carbonyl (C=O) groups excluding carboxylic acids is 1. The van der Waals surface area contributed by atoms with Crippen molar-refractivity contribution in [1.82, 2.24) is 5.32 Å². The average molecular weight is 234 g/mol. The fraction of sp³-hybridized carbons (Fsp3) is 0.500. The number of hydrogen-bond donors (Lipinski definition) is 2. The Morgan fingerprint density at radius 3 is 2.65 bits per heavy atom. The normalized spacial score (nSPS) is 12.5. The number of rotatable bonds is 5. The predicted molar refractivity (Wildman–Crippen MR) is 70.4 cm³/mol. The molecule has 0 aliphatic rings. The number of aryl methyl sites for hydroxylation is 1. The number of hydrogen-bond acceptors (Lipinski definition) is 2. The number of amides is 1. The van der Waals surface area contributed by atoms with E-state index in [2.05, 4.69) is 11.4 Å². The van der Waals surface area contributed by atoms with Gasteiger partial charge in [-0.1, -0.05) is 43.7 Å². The number of benzene rings is 1. The van der Waals surface area contributed by atoms with Gasteiger partial charge in [0.05, 0.1) is 5.92 Å². The zero-order chi connectivity index (χ0) is 12.8. The molecule has 1 aromatic carbocycles. The third-order valence-electron chi connectivity index (χ3n) is 2.94. The highest BCUT2D eigenvalue weighted by atomic mass is 16.1. The minimum atomic E-state index is -0.0974. The van der Waals surface area contributed by atoms with Crippen LogP contribution < -0.4 is 11.1 Å². The fourth-order valence-electron chi connectivity index (χ4n) is 1.82. The molecular weight excluding hydrogens is 212 g/mol. The zero-order valence-corrected chi connectivity index (χ0v) is 10.9. The maximum atomic E-state index is 11.9.